The second-order valence-electron chi connectivity index (χ2n) is 4.10. The molecule has 2 nitrogen and oxygen atoms in total. The third kappa shape index (κ3) is 1.34. The summed E-state index contributed by atoms with van der Waals surface area (Å²) in [6, 6.07) is 0. The minimum atomic E-state index is -0.440. The van der Waals surface area contributed by atoms with Gasteiger partial charge >= 0.3 is 0 Å². The summed E-state index contributed by atoms with van der Waals surface area (Å²) in [6.07, 6.45) is 9.15. The van der Waals surface area contributed by atoms with Gasteiger partial charge in [-0.05, 0) is 12.8 Å². The van der Waals surface area contributed by atoms with Gasteiger partial charge in [0.15, 0.2) is 0 Å². The van der Waals surface area contributed by atoms with E-state index in [1.165, 1.54) is 12.8 Å². The van der Waals surface area contributed by atoms with Crippen molar-refractivity contribution in [2.24, 2.45) is 0 Å². The largest absolute Gasteiger partial charge is 0.229 e. The first-order valence-electron chi connectivity index (χ1n) is 4.88. The average Bonchev–Trinajstić information content (AvgIpc) is 2.76. The van der Waals surface area contributed by atoms with E-state index < -0.39 is 5.60 Å². The molecule has 0 aromatic heterocycles. The van der Waals surface area contributed by atoms with Crippen LogP contribution in [0.3, 0.4) is 0 Å². The third-order valence-corrected chi connectivity index (χ3v) is 3.18. The molecule has 1 saturated heterocycles. The molecule has 13 heavy (non-hydrogen) atoms. The van der Waals surface area contributed by atoms with Crippen LogP contribution in [0.5, 0.6) is 0 Å². The number of hydrogen-bond donors (Lipinski definition) is 0. The Bertz CT molecular complexity index is 218. The molecule has 2 heteroatoms. The predicted octanol–water partition coefficient (Wildman–Crippen LogP) is 2.76. The fraction of sp³-hybridized carbons (Fsp3) is 0.636. The standard InChI is InChI=1S/C11H16O2/c1-3-10(4-2)9-11(13-12-10)7-5-6-8-11/h3-4H,1-2,5-9H2. The van der Waals surface area contributed by atoms with Crippen molar-refractivity contribution in [3.8, 4) is 0 Å². The van der Waals surface area contributed by atoms with Gasteiger partial charge in [0.25, 0.3) is 0 Å². The number of hydrogen-bond acceptors (Lipinski definition) is 2. The average molecular weight is 180 g/mol. The van der Waals surface area contributed by atoms with Crippen molar-refractivity contribution in [1.29, 1.82) is 0 Å². The van der Waals surface area contributed by atoms with E-state index in [1.54, 1.807) is 12.2 Å². The van der Waals surface area contributed by atoms with Crippen molar-refractivity contribution < 1.29 is 9.78 Å². The van der Waals surface area contributed by atoms with Crippen LogP contribution in [0.25, 0.3) is 0 Å². The van der Waals surface area contributed by atoms with Crippen molar-refractivity contribution in [2.75, 3.05) is 0 Å². The normalized spacial score (nSPS) is 29.2. The molecule has 1 saturated carbocycles. The van der Waals surface area contributed by atoms with Gasteiger partial charge in [-0.15, -0.1) is 0 Å². The van der Waals surface area contributed by atoms with Gasteiger partial charge in [-0.25, -0.2) is 9.78 Å². The van der Waals surface area contributed by atoms with Gasteiger partial charge in [0.05, 0.1) is 0 Å². The topological polar surface area (TPSA) is 18.5 Å². The van der Waals surface area contributed by atoms with Crippen molar-refractivity contribution in [2.45, 2.75) is 43.3 Å². The van der Waals surface area contributed by atoms with Crippen molar-refractivity contribution >= 4 is 0 Å². The Morgan fingerprint density at radius 2 is 1.62 bits per heavy atom. The first-order chi connectivity index (χ1) is 6.24. The van der Waals surface area contributed by atoms with Gasteiger partial charge in [-0.2, -0.15) is 0 Å². The maximum Gasteiger partial charge on any atom is 0.142 e. The Morgan fingerprint density at radius 1 is 1.00 bits per heavy atom. The molecule has 0 aromatic carbocycles. The van der Waals surface area contributed by atoms with Crippen LogP contribution in [-0.2, 0) is 9.78 Å². The maximum atomic E-state index is 5.46. The third-order valence-electron chi connectivity index (χ3n) is 3.18. The van der Waals surface area contributed by atoms with E-state index in [1.807, 2.05) is 0 Å². The highest BCUT2D eigenvalue weighted by atomic mass is 17.2. The van der Waals surface area contributed by atoms with Gasteiger partial charge in [0, 0.05) is 6.42 Å². The monoisotopic (exact) mass is 180 g/mol. The minimum Gasteiger partial charge on any atom is -0.229 e. The fourth-order valence-electron chi connectivity index (χ4n) is 2.30. The smallest absolute Gasteiger partial charge is 0.142 e. The molecule has 2 fully saturated rings. The van der Waals surface area contributed by atoms with Crippen LogP contribution in [0.1, 0.15) is 32.1 Å². The molecule has 0 bridgehead atoms. The van der Waals surface area contributed by atoms with E-state index in [4.69, 9.17) is 9.78 Å². The second kappa shape index (κ2) is 2.96. The zero-order valence-corrected chi connectivity index (χ0v) is 7.92. The maximum absolute atomic E-state index is 5.46. The molecule has 1 aliphatic heterocycles. The molecular formula is C11H16O2. The molecule has 0 aromatic rings. The molecule has 1 aliphatic carbocycles. The summed E-state index contributed by atoms with van der Waals surface area (Å²) >= 11 is 0. The van der Waals surface area contributed by atoms with E-state index in [0.29, 0.717) is 0 Å². The van der Waals surface area contributed by atoms with Crippen LogP contribution in [0.15, 0.2) is 25.3 Å². The van der Waals surface area contributed by atoms with Crippen molar-refractivity contribution in [3.63, 3.8) is 0 Å². The van der Waals surface area contributed by atoms with Crippen molar-refractivity contribution in [3.05, 3.63) is 25.3 Å². The summed E-state index contributed by atoms with van der Waals surface area (Å²) in [7, 11) is 0. The molecule has 2 aliphatic rings. The summed E-state index contributed by atoms with van der Waals surface area (Å²) < 4.78 is 0. The lowest BCUT2D eigenvalue weighted by Crippen LogP contribution is -2.27. The summed E-state index contributed by atoms with van der Waals surface area (Å²) in [5.74, 6) is 0. The molecule has 1 heterocycles. The lowest BCUT2D eigenvalue weighted by Gasteiger charge is -2.19. The molecule has 0 atom stereocenters. The van der Waals surface area contributed by atoms with Crippen molar-refractivity contribution in [1.82, 2.24) is 0 Å². The molecular weight excluding hydrogens is 164 g/mol. The second-order valence-corrected chi connectivity index (χ2v) is 4.10. The first kappa shape index (κ1) is 8.97. The van der Waals surface area contributed by atoms with Crippen LogP contribution in [-0.4, -0.2) is 11.2 Å². The van der Waals surface area contributed by atoms with Crippen LogP contribution in [0, 0.1) is 0 Å². The lowest BCUT2D eigenvalue weighted by molar-refractivity contribution is -0.332. The molecule has 0 amide bonds. The van der Waals surface area contributed by atoms with Crippen LogP contribution in [0.2, 0.25) is 0 Å². The van der Waals surface area contributed by atoms with E-state index in [2.05, 4.69) is 13.2 Å². The minimum absolute atomic E-state index is 0.0393. The van der Waals surface area contributed by atoms with Crippen LogP contribution >= 0.6 is 0 Å². The van der Waals surface area contributed by atoms with Crippen LogP contribution in [0.4, 0.5) is 0 Å². The van der Waals surface area contributed by atoms with Gasteiger partial charge in [-0.1, -0.05) is 38.2 Å². The zero-order chi connectivity index (χ0) is 9.36. The first-order valence-corrected chi connectivity index (χ1v) is 4.88. The summed E-state index contributed by atoms with van der Waals surface area (Å²) in [4.78, 5) is 10.8. The van der Waals surface area contributed by atoms with Gasteiger partial charge in [-0.3, -0.25) is 0 Å². The summed E-state index contributed by atoms with van der Waals surface area (Å²) in [5.41, 5.74) is -0.479. The lowest BCUT2D eigenvalue weighted by atomic mass is 9.87. The molecule has 1 spiro atoms. The highest BCUT2D eigenvalue weighted by Crippen LogP contribution is 2.47. The quantitative estimate of drug-likeness (QED) is 0.480. The fourth-order valence-corrected chi connectivity index (χ4v) is 2.30. The molecule has 0 radical (unpaired) electrons. The summed E-state index contributed by atoms with van der Waals surface area (Å²) in [5, 5.41) is 0. The Morgan fingerprint density at radius 3 is 2.08 bits per heavy atom. The van der Waals surface area contributed by atoms with Crippen LogP contribution < -0.4 is 0 Å². The Balaban J connectivity index is 2.15. The molecule has 0 N–H and O–H groups in total. The van der Waals surface area contributed by atoms with E-state index in [-0.39, 0.29) is 5.60 Å². The van der Waals surface area contributed by atoms with E-state index >= 15 is 0 Å². The predicted molar refractivity (Wildman–Crippen MR) is 51.1 cm³/mol. The van der Waals surface area contributed by atoms with Gasteiger partial charge in [0.1, 0.15) is 11.2 Å². The Hall–Kier alpha value is -0.600. The highest BCUT2D eigenvalue weighted by Gasteiger charge is 2.50. The van der Waals surface area contributed by atoms with Gasteiger partial charge in [0.2, 0.25) is 0 Å². The SMILES string of the molecule is C=CC1(C=C)CC2(CCCC2)OO1. The zero-order valence-electron chi connectivity index (χ0n) is 7.92. The number of rotatable bonds is 2. The van der Waals surface area contributed by atoms with E-state index in [9.17, 15) is 0 Å². The van der Waals surface area contributed by atoms with Gasteiger partial charge < -0.3 is 0 Å². The highest BCUT2D eigenvalue weighted by molar-refractivity contribution is 5.15. The summed E-state index contributed by atoms with van der Waals surface area (Å²) in [6.45, 7) is 7.53. The molecule has 0 unspecified atom stereocenters. The molecule has 72 valence electrons. The Kier molecular flexibility index (Phi) is 2.05. The Labute approximate surface area is 79.2 Å². The van der Waals surface area contributed by atoms with E-state index in [0.717, 1.165) is 19.3 Å². The molecule has 2 rings (SSSR count).